The number of esters is 1. The summed E-state index contributed by atoms with van der Waals surface area (Å²) in [5, 5.41) is 20.1. The fraction of sp³-hybridized carbons (Fsp3) is 0.462. The number of aliphatic hydroxyl groups excluding tert-OH is 2. The number of ether oxygens (including phenoxy) is 4. The van der Waals surface area contributed by atoms with E-state index in [1.54, 1.807) is 12.1 Å². The fourth-order valence-electron chi connectivity index (χ4n) is 2.40. The van der Waals surface area contributed by atoms with Crippen molar-refractivity contribution in [1.82, 2.24) is 0 Å². The summed E-state index contributed by atoms with van der Waals surface area (Å²) < 4.78 is 20.4. The molecule has 2 aliphatic heterocycles. The van der Waals surface area contributed by atoms with Crippen LogP contribution in [0.5, 0.6) is 17.2 Å². The predicted molar refractivity (Wildman–Crippen MR) is 64.5 cm³/mol. The summed E-state index contributed by atoms with van der Waals surface area (Å²) in [5.74, 6) is -0.351. The minimum Gasteiger partial charge on any atom is -0.496 e. The molecule has 108 valence electrons. The van der Waals surface area contributed by atoms with Gasteiger partial charge in [0.05, 0.1) is 13.2 Å². The molecule has 2 heterocycles. The standard InChI is InChI=1S/C13H14O7/c1-17-8-3-10-9(19-5-20-10)2-6(8)12(15)11-7(14)4-18-13(11)16/h2-3,7,11-12,14-15H,4-5H2,1H3/t7-,11-,12?/m0/s1. The summed E-state index contributed by atoms with van der Waals surface area (Å²) in [6.07, 6.45) is -2.29. The SMILES string of the molecule is COc1cc2c(cc1C(O)[C@H]1C(=O)OC[C@@H]1O)OCO2. The molecule has 0 aliphatic carbocycles. The predicted octanol–water partition coefficient (Wildman–Crippen LogP) is -0.00880. The minimum absolute atomic E-state index is 0.0894. The summed E-state index contributed by atoms with van der Waals surface area (Å²) in [5.41, 5.74) is 0.347. The lowest BCUT2D eigenvalue weighted by Crippen LogP contribution is -2.27. The van der Waals surface area contributed by atoms with E-state index in [-0.39, 0.29) is 13.4 Å². The van der Waals surface area contributed by atoms with Gasteiger partial charge in [0.1, 0.15) is 24.4 Å². The molecular formula is C13H14O7. The van der Waals surface area contributed by atoms with E-state index in [9.17, 15) is 15.0 Å². The molecule has 7 heteroatoms. The normalized spacial score (nSPS) is 25.4. The molecule has 1 unspecified atom stereocenters. The van der Waals surface area contributed by atoms with Crippen LogP contribution in [0.2, 0.25) is 0 Å². The highest BCUT2D eigenvalue weighted by atomic mass is 16.7. The van der Waals surface area contributed by atoms with Gasteiger partial charge in [0.25, 0.3) is 0 Å². The number of aliphatic hydroxyl groups is 2. The lowest BCUT2D eigenvalue weighted by atomic mass is 9.92. The minimum atomic E-state index is -1.25. The second-order valence-electron chi connectivity index (χ2n) is 4.62. The van der Waals surface area contributed by atoms with Crippen molar-refractivity contribution in [3.8, 4) is 17.2 Å². The summed E-state index contributed by atoms with van der Waals surface area (Å²) >= 11 is 0. The highest BCUT2D eigenvalue weighted by molar-refractivity contribution is 5.76. The molecule has 7 nitrogen and oxygen atoms in total. The van der Waals surface area contributed by atoms with Gasteiger partial charge in [0.2, 0.25) is 6.79 Å². The zero-order chi connectivity index (χ0) is 14.3. The first-order valence-electron chi connectivity index (χ1n) is 6.12. The van der Waals surface area contributed by atoms with Gasteiger partial charge >= 0.3 is 5.97 Å². The number of hydrogen-bond donors (Lipinski definition) is 2. The molecule has 2 aliphatic rings. The molecule has 3 rings (SSSR count). The maximum atomic E-state index is 11.6. The molecule has 3 atom stereocenters. The van der Waals surface area contributed by atoms with Crippen LogP contribution in [0.3, 0.4) is 0 Å². The first-order chi connectivity index (χ1) is 9.61. The Morgan fingerprint density at radius 3 is 2.60 bits per heavy atom. The summed E-state index contributed by atoms with van der Waals surface area (Å²) in [6.45, 7) is -0.0282. The van der Waals surface area contributed by atoms with Crippen molar-refractivity contribution in [2.45, 2.75) is 12.2 Å². The number of hydrogen-bond acceptors (Lipinski definition) is 7. The Hall–Kier alpha value is -1.99. The Bertz CT molecular complexity index is 542. The van der Waals surface area contributed by atoms with Crippen molar-refractivity contribution in [1.29, 1.82) is 0 Å². The van der Waals surface area contributed by atoms with Crippen LogP contribution in [0.15, 0.2) is 12.1 Å². The number of rotatable bonds is 3. The summed E-state index contributed by atoms with van der Waals surface area (Å²) in [4.78, 5) is 11.6. The van der Waals surface area contributed by atoms with Crippen molar-refractivity contribution < 1.29 is 34.0 Å². The zero-order valence-electron chi connectivity index (χ0n) is 10.7. The fourth-order valence-corrected chi connectivity index (χ4v) is 2.40. The molecule has 0 bridgehead atoms. The van der Waals surface area contributed by atoms with E-state index in [4.69, 9.17) is 18.9 Å². The molecule has 0 aromatic heterocycles. The monoisotopic (exact) mass is 282 g/mol. The van der Waals surface area contributed by atoms with E-state index in [0.29, 0.717) is 22.8 Å². The van der Waals surface area contributed by atoms with Crippen molar-refractivity contribution in [3.05, 3.63) is 17.7 Å². The molecule has 0 spiro atoms. The molecular weight excluding hydrogens is 268 g/mol. The van der Waals surface area contributed by atoms with Crippen LogP contribution in [0.1, 0.15) is 11.7 Å². The largest absolute Gasteiger partial charge is 0.496 e. The van der Waals surface area contributed by atoms with Gasteiger partial charge in [0.15, 0.2) is 11.5 Å². The van der Waals surface area contributed by atoms with Crippen LogP contribution in [0, 0.1) is 5.92 Å². The Balaban J connectivity index is 1.98. The van der Waals surface area contributed by atoms with Crippen LogP contribution in [0.25, 0.3) is 0 Å². The molecule has 0 radical (unpaired) electrons. The Labute approximate surface area is 114 Å². The number of fused-ring (bicyclic) bond motifs is 1. The summed E-state index contributed by atoms with van der Waals surface area (Å²) in [7, 11) is 1.44. The Morgan fingerprint density at radius 2 is 2.00 bits per heavy atom. The first kappa shape index (κ1) is 13.0. The quantitative estimate of drug-likeness (QED) is 0.753. The van der Waals surface area contributed by atoms with E-state index < -0.39 is 24.1 Å². The second-order valence-corrected chi connectivity index (χ2v) is 4.62. The number of carbonyl (C=O) groups is 1. The van der Waals surface area contributed by atoms with Gasteiger partial charge in [-0.3, -0.25) is 4.79 Å². The highest BCUT2D eigenvalue weighted by Crippen LogP contribution is 2.43. The van der Waals surface area contributed by atoms with Crippen molar-refractivity contribution in [2.24, 2.45) is 5.92 Å². The van der Waals surface area contributed by atoms with E-state index in [2.05, 4.69) is 0 Å². The third-order valence-corrected chi connectivity index (χ3v) is 3.47. The topological polar surface area (TPSA) is 94.5 Å². The molecule has 1 fully saturated rings. The third-order valence-electron chi connectivity index (χ3n) is 3.47. The molecule has 2 N–H and O–H groups in total. The molecule has 20 heavy (non-hydrogen) atoms. The summed E-state index contributed by atoms with van der Waals surface area (Å²) in [6, 6.07) is 3.12. The third kappa shape index (κ3) is 1.95. The lowest BCUT2D eigenvalue weighted by Gasteiger charge is -2.20. The maximum Gasteiger partial charge on any atom is 0.314 e. The molecule has 1 saturated heterocycles. The van der Waals surface area contributed by atoms with Gasteiger partial charge in [-0.2, -0.15) is 0 Å². The van der Waals surface area contributed by atoms with Gasteiger partial charge < -0.3 is 29.2 Å². The molecule has 1 aromatic rings. The number of methoxy groups -OCH3 is 1. The van der Waals surface area contributed by atoms with Crippen LogP contribution >= 0.6 is 0 Å². The van der Waals surface area contributed by atoms with Crippen LogP contribution in [0.4, 0.5) is 0 Å². The van der Waals surface area contributed by atoms with E-state index >= 15 is 0 Å². The van der Waals surface area contributed by atoms with E-state index in [1.807, 2.05) is 0 Å². The van der Waals surface area contributed by atoms with E-state index in [1.165, 1.54) is 7.11 Å². The Kier molecular flexibility index (Phi) is 3.15. The van der Waals surface area contributed by atoms with Crippen LogP contribution in [-0.2, 0) is 9.53 Å². The van der Waals surface area contributed by atoms with Gasteiger partial charge in [-0.25, -0.2) is 0 Å². The van der Waals surface area contributed by atoms with Gasteiger partial charge in [0, 0.05) is 11.6 Å². The van der Waals surface area contributed by atoms with Crippen LogP contribution in [-0.4, -0.2) is 42.8 Å². The molecule has 0 saturated carbocycles. The average Bonchev–Trinajstić information content (AvgIpc) is 3.02. The van der Waals surface area contributed by atoms with Gasteiger partial charge in [-0.1, -0.05) is 0 Å². The van der Waals surface area contributed by atoms with E-state index in [0.717, 1.165) is 0 Å². The van der Waals surface area contributed by atoms with Crippen LogP contribution < -0.4 is 14.2 Å². The average molecular weight is 282 g/mol. The maximum absolute atomic E-state index is 11.6. The zero-order valence-corrected chi connectivity index (χ0v) is 10.7. The van der Waals surface area contributed by atoms with Gasteiger partial charge in [-0.05, 0) is 6.07 Å². The highest BCUT2D eigenvalue weighted by Gasteiger charge is 2.43. The first-order valence-corrected chi connectivity index (χ1v) is 6.12. The number of benzene rings is 1. The molecule has 0 amide bonds. The second kappa shape index (κ2) is 4.84. The molecule has 1 aromatic carbocycles. The number of carbonyl (C=O) groups excluding carboxylic acids is 1. The number of cyclic esters (lactones) is 1. The smallest absolute Gasteiger partial charge is 0.314 e. The van der Waals surface area contributed by atoms with Gasteiger partial charge in [-0.15, -0.1) is 0 Å². The van der Waals surface area contributed by atoms with Crippen molar-refractivity contribution >= 4 is 5.97 Å². The van der Waals surface area contributed by atoms with Crippen molar-refractivity contribution in [3.63, 3.8) is 0 Å². The van der Waals surface area contributed by atoms with Crippen molar-refractivity contribution in [2.75, 3.05) is 20.5 Å². The lowest BCUT2D eigenvalue weighted by molar-refractivity contribution is -0.144. The Morgan fingerprint density at radius 1 is 1.30 bits per heavy atom.